The average Bonchev–Trinajstić information content (AvgIpc) is 2.98. The van der Waals surface area contributed by atoms with E-state index in [1.165, 1.54) is 0 Å². The van der Waals surface area contributed by atoms with Crippen molar-refractivity contribution in [3.05, 3.63) is 51.5 Å². The van der Waals surface area contributed by atoms with Crippen LogP contribution in [-0.4, -0.2) is 22.2 Å². The average molecular weight is 493 g/mol. The van der Waals surface area contributed by atoms with Gasteiger partial charge in [-0.15, -0.1) is 10.2 Å². The van der Waals surface area contributed by atoms with E-state index in [-0.39, 0.29) is 18.2 Å². The van der Waals surface area contributed by atoms with Crippen LogP contribution < -0.4 is 4.74 Å². The van der Waals surface area contributed by atoms with Gasteiger partial charge >= 0.3 is 5.91 Å². The van der Waals surface area contributed by atoms with E-state index in [0.717, 1.165) is 40.2 Å². The van der Waals surface area contributed by atoms with E-state index in [4.69, 9.17) is 16.3 Å². The number of amides is 1. The summed E-state index contributed by atoms with van der Waals surface area (Å²) in [7, 11) is 0. The molecule has 1 amide bonds. The first-order valence-corrected chi connectivity index (χ1v) is 10.9. The minimum Gasteiger partial charge on any atom is -0.493 e. The number of carbonyl (C=O) groups excluding carboxylic acids is 1. The molecule has 3 rings (SSSR count). The maximum Gasteiger partial charge on any atom is 0.302 e. The number of hydrogen-bond acceptors (Lipinski definition) is 4. The number of hydrogen-bond donors (Lipinski definition) is 1. The minimum atomic E-state index is -0.552. The van der Waals surface area contributed by atoms with E-state index in [1.807, 2.05) is 29.7 Å². The number of aromatic nitrogens is 1. The van der Waals surface area contributed by atoms with Gasteiger partial charge in [0.1, 0.15) is 5.75 Å². The van der Waals surface area contributed by atoms with Gasteiger partial charge in [0.15, 0.2) is 12.3 Å². The first-order chi connectivity index (χ1) is 14.4. The largest absolute Gasteiger partial charge is 0.493 e. The number of unbranched alkanes of at least 4 members (excludes halogenated alkanes) is 2. The molecule has 1 N–H and O–H groups in total. The monoisotopic (exact) mass is 491 g/mol. The maximum absolute atomic E-state index is 12.2. The number of ether oxygens (including phenoxy) is 1. The number of halogens is 2. The van der Waals surface area contributed by atoms with Crippen LogP contribution >= 0.6 is 27.5 Å². The molecule has 30 heavy (non-hydrogen) atoms. The Labute approximate surface area is 188 Å². The fourth-order valence-electron chi connectivity index (χ4n) is 3.13. The second kappa shape index (κ2) is 10.1. The molecule has 0 atom stereocenters. The zero-order chi connectivity index (χ0) is 21.7. The number of rotatable bonds is 8. The lowest BCUT2D eigenvalue weighted by molar-refractivity contribution is -0.120. The summed E-state index contributed by atoms with van der Waals surface area (Å²) in [5.74, 6) is -0.0198. The molecule has 158 valence electrons. The molecule has 0 aliphatic carbocycles. The van der Waals surface area contributed by atoms with Gasteiger partial charge in [0.25, 0.3) is 0 Å². The van der Waals surface area contributed by atoms with Crippen LogP contribution in [0.25, 0.3) is 10.9 Å². The minimum absolute atomic E-state index is 0.00463. The maximum atomic E-state index is 12.2. The summed E-state index contributed by atoms with van der Waals surface area (Å²) in [6, 6.07) is 10.8. The Balaban J connectivity index is 1.78. The zero-order valence-corrected chi connectivity index (χ0v) is 19.2. The predicted molar refractivity (Wildman–Crippen MR) is 122 cm³/mol. The molecule has 0 saturated carbocycles. The lowest BCUT2D eigenvalue weighted by Gasteiger charge is -2.06. The molecule has 0 radical (unpaired) electrons. The Morgan fingerprint density at radius 2 is 2.03 bits per heavy atom. The van der Waals surface area contributed by atoms with E-state index in [2.05, 4.69) is 33.1 Å². The van der Waals surface area contributed by atoms with E-state index in [0.29, 0.717) is 17.3 Å². The molecule has 0 saturated heterocycles. The van der Waals surface area contributed by atoms with Crippen LogP contribution in [0.1, 0.15) is 31.7 Å². The van der Waals surface area contributed by atoms with Crippen molar-refractivity contribution in [2.75, 3.05) is 6.61 Å². The number of carbonyl (C=O) groups is 1. The predicted octanol–water partition coefficient (Wildman–Crippen LogP) is 6.95. The van der Waals surface area contributed by atoms with Crippen LogP contribution in [0.15, 0.2) is 51.1 Å². The molecule has 3 aromatic rings. The number of aryl methyl sites for hydroxylation is 2. The molecule has 1 heterocycles. The summed E-state index contributed by atoms with van der Waals surface area (Å²) in [5, 5.41) is 19.9. The fourth-order valence-corrected chi connectivity index (χ4v) is 3.61. The standard InChI is InChI=1S/C22H23BrClN3O3/c1-3-4-5-10-27-19-9-6-15(23)12-17(19)21(22(27)29)26-25-20(28)13-30-16-7-8-18(24)14(2)11-16/h6-9,11-12,29H,3-5,10,13H2,1-2H3. The van der Waals surface area contributed by atoms with E-state index < -0.39 is 5.91 Å². The Hall–Kier alpha value is -2.38. The van der Waals surface area contributed by atoms with Crippen LogP contribution in [0.3, 0.4) is 0 Å². The molecule has 2 aromatic carbocycles. The molecule has 0 bridgehead atoms. The van der Waals surface area contributed by atoms with Crippen molar-refractivity contribution in [1.29, 1.82) is 0 Å². The summed E-state index contributed by atoms with van der Waals surface area (Å²) in [5.41, 5.74) is 1.98. The number of nitrogens with zero attached hydrogens (tertiary/aromatic N) is 3. The molecule has 0 aliphatic rings. The lowest BCUT2D eigenvalue weighted by atomic mass is 10.2. The third kappa shape index (κ3) is 5.21. The first-order valence-electron chi connectivity index (χ1n) is 9.75. The van der Waals surface area contributed by atoms with Gasteiger partial charge in [-0.05, 0) is 55.3 Å². The summed E-state index contributed by atoms with van der Waals surface area (Å²) < 4.78 is 8.12. The SMILES string of the molecule is CCCCCn1c(O)c(N=NC(=O)COc2ccc(Cl)c(C)c2)c2cc(Br)ccc21. The molecule has 0 fully saturated rings. The topological polar surface area (TPSA) is 76.2 Å². The van der Waals surface area contributed by atoms with Crippen LogP contribution in [0.5, 0.6) is 11.6 Å². The van der Waals surface area contributed by atoms with Crippen molar-refractivity contribution in [2.45, 2.75) is 39.7 Å². The number of benzene rings is 2. The van der Waals surface area contributed by atoms with Crippen molar-refractivity contribution in [2.24, 2.45) is 10.2 Å². The van der Waals surface area contributed by atoms with Gasteiger partial charge in [-0.3, -0.25) is 4.79 Å². The fraction of sp³-hybridized carbons (Fsp3) is 0.318. The van der Waals surface area contributed by atoms with Gasteiger partial charge < -0.3 is 14.4 Å². The van der Waals surface area contributed by atoms with Crippen molar-refractivity contribution < 1.29 is 14.6 Å². The van der Waals surface area contributed by atoms with Crippen LogP contribution in [-0.2, 0) is 11.3 Å². The highest BCUT2D eigenvalue weighted by atomic mass is 79.9. The van der Waals surface area contributed by atoms with Crippen molar-refractivity contribution in [1.82, 2.24) is 4.57 Å². The Kier molecular flexibility index (Phi) is 7.50. The van der Waals surface area contributed by atoms with Gasteiger partial charge in [0.2, 0.25) is 5.88 Å². The van der Waals surface area contributed by atoms with Crippen LogP contribution in [0.4, 0.5) is 5.69 Å². The summed E-state index contributed by atoms with van der Waals surface area (Å²) >= 11 is 9.44. The van der Waals surface area contributed by atoms with Gasteiger partial charge in [-0.25, -0.2) is 0 Å². The molecule has 6 nitrogen and oxygen atoms in total. The number of aromatic hydroxyl groups is 1. The highest BCUT2D eigenvalue weighted by Gasteiger charge is 2.17. The van der Waals surface area contributed by atoms with Gasteiger partial charge in [-0.1, -0.05) is 47.3 Å². The second-order valence-corrected chi connectivity index (χ2v) is 8.31. The van der Waals surface area contributed by atoms with Crippen LogP contribution in [0, 0.1) is 6.92 Å². The third-order valence-corrected chi connectivity index (χ3v) is 5.63. The first kappa shape index (κ1) is 22.3. The molecule has 8 heteroatoms. The van der Waals surface area contributed by atoms with Gasteiger partial charge in [0, 0.05) is 21.4 Å². The molecule has 0 aliphatic heterocycles. The summed E-state index contributed by atoms with van der Waals surface area (Å²) in [6.07, 6.45) is 3.08. The third-order valence-electron chi connectivity index (χ3n) is 4.71. The Morgan fingerprint density at radius 1 is 1.23 bits per heavy atom. The Morgan fingerprint density at radius 3 is 2.77 bits per heavy atom. The van der Waals surface area contributed by atoms with Crippen molar-refractivity contribution in [3.63, 3.8) is 0 Å². The van der Waals surface area contributed by atoms with Crippen LogP contribution in [0.2, 0.25) is 5.02 Å². The van der Waals surface area contributed by atoms with Crippen molar-refractivity contribution in [3.8, 4) is 11.6 Å². The van der Waals surface area contributed by atoms with E-state index >= 15 is 0 Å². The number of azo groups is 1. The second-order valence-electron chi connectivity index (χ2n) is 6.99. The lowest BCUT2D eigenvalue weighted by Crippen LogP contribution is -2.07. The Bertz CT molecular complexity index is 1090. The smallest absolute Gasteiger partial charge is 0.302 e. The quantitative estimate of drug-likeness (QED) is 0.273. The van der Waals surface area contributed by atoms with Crippen molar-refractivity contribution >= 4 is 50.0 Å². The zero-order valence-electron chi connectivity index (χ0n) is 16.9. The molecular formula is C22H23BrClN3O3. The highest BCUT2D eigenvalue weighted by molar-refractivity contribution is 9.10. The van der Waals surface area contributed by atoms with E-state index in [1.54, 1.807) is 18.2 Å². The summed E-state index contributed by atoms with van der Waals surface area (Å²) in [4.78, 5) is 12.2. The molecule has 0 unspecified atom stereocenters. The highest BCUT2D eigenvalue weighted by Crippen LogP contribution is 2.40. The molecular weight excluding hydrogens is 470 g/mol. The summed E-state index contributed by atoms with van der Waals surface area (Å²) in [6.45, 7) is 4.39. The molecule has 1 aromatic heterocycles. The van der Waals surface area contributed by atoms with E-state index in [9.17, 15) is 9.90 Å². The van der Waals surface area contributed by atoms with Gasteiger partial charge in [0.05, 0.1) is 5.52 Å². The normalized spacial score (nSPS) is 11.5. The number of fused-ring (bicyclic) bond motifs is 1. The molecule has 0 spiro atoms. The van der Waals surface area contributed by atoms with Gasteiger partial charge in [-0.2, -0.15) is 0 Å².